The number of nitrogens with two attached hydrogens (primary N) is 1. The van der Waals surface area contributed by atoms with E-state index in [1.807, 2.05) is 37.3 Å². The highest BCUT2D eigenvalue weighted by Gasteiger charge is 2.39. The molecule has 0 spiro atoms. The zero-order valence-electron chi connectivity index (χ0n) is 17.1. The van der Waals surface area contributed by atoms with Gasteiger partial charge in [0.05, 0.1) is 12.1 Å². The SMILES string of the molecule is CC(=O)NCCOC(c1cccc(F)c1-c1cccc(C)c1)C1(N)CCCNC1. The summed E-state index contributed by atoms with van der Waals surface area (Å²) >= 11 is 0. The molecule has 0 saturated carbocycles. The van der Waals surface area contributed by atoms with Crippen LogP contribution in [0, 0.1) is 12.7 Å². The van der Waals surface area contributed by atoms with Crippen LogP contribution >= 0.6 is 0 Å². The van der Waals surface area contributed by atoms with Crippen molar-refractivity contribution in [1.29, 1.82) is 0 Å². The molecule has 0 aliphatic carbocycles. The maximum Gasteiger partial charge on any atom is 0.216 e. The van der Waals surface area contributed by atoms with Gasteiger partial charge in [-0.2, -0.15) is 0 Å². The van der Waals surface area contributed by atoms with Crippen molar-refractivity contribution in [1.82, 2.24) is 10.6 Å². The summed E-state index contributed by atoms with van der Waals surface area (Å²) in [4.78, 5) is 11.2. The fourth-order valence-electron chi connectivity index (χ4n) is 4.01. The van der Waals surface area contributed by atoms with Gasteiger partial charge in [0.25, 0.3) is 0 Å². The van der Waals surface area contributed by atoms with E-state index in [2.05, 4.69) is 10.6 Å². The third-order valence-corrected chi connectivity index (χ3v) is 5.37. The normalized spacial score (nSPS) is 20.3. The Balaban J connectivity index is 2.00. The Morgan fingerprint density at radius 1 is 1.34 bits per heavy atom. The van der Waals surface area contributed by atoms with Crippen LogP contribution in [0.2, 0.25) is 0 Å². The fourth-order valence-corrected chi connectivity index (χ4v) is 4.01. The highest BCUT2D eigenvalue weighted by molar-refractivity contribution is 5.72. The summed E-state index contributed by atoms with van der Waals surface area (Å²) in [6.45, 7) is 5.63. The Bertz CT molecular complexity index is 850. The smallest absolute Gasteiger partial charge is 0.216 e. The Kier molecular flexibility index (Phi) is 7.00. The molecule has 0 bridgehead atoms. The summed E-state index contributed by atoms with van der Waals surface area (Å²) in [6, 6.07) is 12.9. The molecule has 2 unspecified atom stereocenters. The van der Waals surface area contributed by atoms with Crippen LogP contribution < -0.4 is 16.4 Å². The van der Waals surface area contributed by atoms with E-state index in [9.17, 15) is 4.79 Å². The van der Waals surface area contributed by atoms with Crippen LogP contribution in [0.3, 0.4) is 0 Å². The van der Waals surface area contributed by atoms with Crippen molar-refractivity contribution in [2.45, 2.75) is 38.3 Å². The van der Waals surface area contributed by atoms with Crippen LogP contribution in [0.25, 0.3) is 11.1 Å². The molecule has 2 atom stereocenters. The third kappa shape index (κ3) is 5.21. The molecule has 4 N–H and O–H groups in total. The summed E-state index contributed by atoms with van der Waals surface area (Å²) in [7, 11) is 0. The number of benzene rings is 2. The van der Waals surface area contributed by atoms with Gasteiger partial charge in [-0.15, -0.1) is 0 Å². The lowest BCUT2D eigenvalue weighted by atomic mass is 9.79. The molecule has 156 valence electrons. The number of carbonyl (C=O) groups is 1. The number of hydrogen-bond donors (Lipinski definition) is 3. The minimum absolute atomic E-state index is 0.113. The van der Waals surface area contributed by atoms with Gasteiger partial charge in [-0.25, -0.2) is 4.39 Å². The van der Waals surface area contributed by atoms with Gasteiger partial charge in [0.2, 0.25) is 5.91 Å². The molecule has 0 radical (unpaired) electrons. The molecule has 1 saturated heterocycles. The maximum atomic E-state index is 15.0. The first-order valence-corrected chi connectivity index (χ1v) is 10.1. The fraction of sp³-hybridized carbons (Fsp3) is 0.435. The van der Waals surface area contributed by atoms with Crippen LogP contribution in [0.4, 0.5) is 4.39 Å². The van der Waals surface area contributed by atoms with Crippen LogP contribution in [0.5, 0.6) is 0 Å². The highest BCUT2D eigenvalue weighted by Crippen LogP contribution is 2.39. The molecular weight excluding hydrogens is 369 g/mol. The Morgan fingerprint density at radius 3 is 2.83 bits per heavy atom. The predicted molar refractivity (Wildman–Crippen MR) is 113 cm³/mol. The topological polar surface area (TPSA) is 76.4 Å². The number of ether oxygens (including phenoxy) is 1. The summed E-state index contributed by atoms with van der Waals surface area (Å²) < 4.78 is 21.3. The van der Waals surface area contributed by atoms with Gasteiger partial charge in [0.1, 0.15) is 11.9 Å². The molecule has 1 aliphatic rings. The van der Waals surface area contributed by atoms with Crippen LogP contribution in [-0.2, 0) is 9.53 Å². The molecule has 5 nitrogen and oxygen atoms in total. The van der Waals surface area contributed by atoms with Crippen molar-refractivity contribution in [3.63, 3.8) is 0 Å². The maximum absolute atomic E-state index is 15.0. The van der Waals surface area contributed by atoms with Gasteiger partial charge in [-0.3, -0.25) is 4.79 Å². The Hall–Kier alpha value is -2.28. The van der Waals surface area contributed by atoms with E-state index < -0.39 is 11.6 Å². The van der Waals surface area contributed by atoms with Crippen molar-refractivity contribution in [2.75, 3.05) is 26.2 Å². The first-order valence-electron chi connectivity index (χ1n) is 10.1. The average molecular weight is 400 g/mol. The first kappa shape index (κ1) is 21.4. The largest absolute Gasteiger partial charge is 0.370 e. The summed E-state index contributed by atoms with van der Waals surface area (Å²) in [6.07, 6.45) is 1.20. The van der Waals surface area contributed by atoms with Crippen molar-refractivity contribution in [3.8, 4) is 11.1 Å². The number of carbonyl (C=O) groups excluding carboxylic acids is 1. The number of piperidine rings is 1. The summed E-state index contributed by atoms with van der Waals surface area (Å²) in [5.41, 5.74) is 9.27. The van der Waals surface area contributed by atoms with E-state index in [0.29, 0.717) is 25.3 Å². The minimum atomic E-state index is -0.666. The minimum Gasteiger partial charge on any atom is -0.370 e. The van der Waals surface area contributed by atoms with Crippen LogP contribution in [0.1, 0.15) is 37.0 Å². The number of nitrogens with one attached hydrogen (secondary N) is 2. The van der Waals surface area contributed by atoms with Gasteiger partial charge >= 0.3 is 0 Å². The molecule has 0 aromatic heterocycles. The molecule has 2 aromatic carbocycles. The highest BCUT2D eigenvalue weighted by atomic mass is 19.1. The van der Waals surface area contributed by atoms with E-state index in [1.54, 1.807) is 6.07 Å². The number of amides is 1. The van der Waals surface area contributed by atoms with E-state index in [1.165, 1.54) is 13.0 Å². The lowest BCUT2D eigenvalue weighted by Gasteiger charge is -2.41. The first-order chi connectivity index (χ1) is 13.9. The lowest BCUT2D eigenvalue weighted by molar-refractivity contribution is -0.119. The predicted octanol–water partition coefficient (Wildman–Crippen LogP) is 3.08. The monoisotopic (exact) mass is 399 g/mol. The quantitative estimate of drug-likeness (QED) is 0.626. The number of halogens is 1. The van der Waals surface area contributed by atoms with Crippen molar-refractivity contribution < 1.29 is 13.9 Å². The summed E-state index contributed by atoms with van der Waals surface area (Å²) in [5, 5.41) is 6.09. The molecule has 1 amide bonds. The van der Waals surface area contributed by atoms with Gasteiger partial charge in [-0.1, -0.05) is 42.0 Å². The van der Waals surface area contributed by atoms with Crippen molar-refractivity contribution in [2.24, 2.45) is 5.73 Å². The second-order valence-electron chi connectivity index (χ2n) is 7.82. The molecule has 1 fully saturated rings. The van der Waals surface area contributed by atoms with Crippen LogP contribution in [-0.4, -0.2) is 37.7 Å². The van der Waals surface area contributed by atoms with Gasteiger partial charge in [0, 0.05) is 25.6 Å². The average Bonchev–Trinajstić information content (AvgIpc) is 2.68. The lowest BCUT2D eigenvalue weighted by Crippen LogP contribution is -2.57. The Morgan fingerprint density at radius 2 is 2.14 bits per heavy atom. The van der Waals surface area contributed by atoms with E-state index in [4.69, 9.17) is 10.5 Å². The Labute approximate surface area is 171 Å². The standard InChI is InChI=1S/C23H30FN3O2/c1-16-6-3-7-18(14-16)21-19(8-4-9-20(21)24)22(29-13-12-27-17(2)28)23(25)10-5-11-26-15-23/h3-4,6-9,14,22,26H,5,10-13,15,25H2,1-2H3,(H,27,28). The van der Waals surface area contributed by atoms with E-state index in [-0.39, 0.29) is 11.7 Å². The molecule has 1 heterocycles. The van der Waals surface area contributed by atoms with Gasteiger partial charge in [-0.05, 0) is 43.5 Å². The van der Waals surface area contributed by atoms with E-state index in [0.717, 1.165) is 36.1 Å². The number of rotatable bonds is 7. The van der Waals surface area contributed by atoms with Crippen molar-refractivity contribution in [3.05, 3.63) is 59.4 Å². The van der Waals surface area contributed by atoms with Crippen LogP contribution in [0.15, 0.2) is 42.5 Å². The molecule has 29 heavy (non-hydrogen) atoms. The van der Waals surface area contributed by atoms with Crippen molar-refractivity contribution >= 4 is 5.91 Å². The van der Waals surface area contributed by atoms with Gasteiger partial charge < -0.3 is 21.1 Å². The molecule has 6 heteroatoms. The second-order valence-corrected chi connectivity index (χ2v) is 7.82. The zero-order chi connectivity index (χ0) is 20.9. The van der Waals surface area contributed by atoms with Gasteiger partial charge in [0.15, 0.2) is 0 Å². The molecule has 3 rings (SSSR count). The number of hydrogen-bond acceptors (Lipinski definition) is 4. The molecule has 1 aliphatic heterocycles. The second kappa shape index (κ2) is 9.48. The van der Waals surface area contributed by atoms with E-state index >= 15 is 4.39 Å². The molecule has 2 aromatic rings. The number of aryl methyl sites for hydroxylation is 1. The third-order valence-electron chi connectivity index (χ3n) is 5.37. The zero-order valence-corrected chi connectivity index (χ0v) is 17.1. The summed E-state index contributed by atoms with van der Waals surface area (Å²) in [5.74, 6) is -0.408. The molecular formula is C23H30FN3O2.